The average Bonchev–Trinajstić information content (AvgIpc) is 2.66. The number of nitrogens with one attached hydrogen (secondary N) is 1. The maximum Gasteiger partial charge on any atom is 0.306 e. The number of rotatable bonds is 4. The SMILES string of the molecule is CC1(O)CC(Nc2nnc(-c3ccc(C(F)=C(F)F)cc3O)c3c2CCCC3)C1. The number of aromatic nitrogens is 2. The van der Waals surface area contributed by atoms with E-state index in [1.165, 1.54) is 12.1 Å². The number of aliphatic hydroxyl groups is 1. The maximum absolute atomic E-state index is 13.5. The third-order valence-electron chi connectivity index (χ3n) is 5.67. The van der Waals surface area contributed by atoms with Crippen molar-refractivity contribution in [3.05, 3.63) is 41.0 Å². The lowest BCUT2D eigenvalue weighted by atomic mass is 9.77. The van der Waals surface area contributed by atoms with Gasteiger partial charge in [-0.3, -0.25) is 0 Å². The largest absolute Gasteiger partial charge is 0.507 e. The molecule has 0 bridgehead atoms. The highest BCUT2D eigenvalue weighted by molar-refractivity contribution is 5.75. The number of phenolic OH excluding ortho intramolecular Hbond substituents is 1. The van der Waals surface area contributed by atoms with Gasteiger partial charge in [-0.25, -0.2) is 4.39 Å². The normalized spacial score (nSPS) is 23.1. The first-order chi connectivity index (χ1) is 13.7. The fraction of sp³-hybridized carbons (Fsp3) is 0.429. The Balaban J connectivity index is 1.69. The second-order valence-electron chi connectivity index (χ2n) is 8.11. The van der Waals surface area contributed by atoms with Gasteiger partial charge in [-0.1, -0.05) is 6.07 Å². The highest BCUT2D eigenvalue weighted by Gasteiger charge is 2.39. The van der Waals surface area contributed by atoms with Crippen LogP contribution in [0.1, 0.15) is 49.3 Å². The van der Waals surface area contributed by atoms with Crippen molar-refractivity contribution in [1.29, 1.82) is 0 Å². The van der Waals surface area contributed by atoms with Crippen molar-refractivity contribution >= 4 is 11.6 Å². The van der Waals surface area contributed by atoms with E-state index in [-0.39, 0.29) is 17.4 Å². The molecule has 1 fully saturated rings. The molecule has 1 saturated carbocycles. The zero-order valence-electron chi connectivity index (χ0n) is 16.0. The Bertz CT molecular complexity index is 979. The van der Waals surface area contributed by atoms with Gasteiger partial charge in [-0.2, -0.15) is 8.78 Å². The molecule has 0 aliphatic heterocycles. The summed E-state index contributed by atoms with van der Waals surface area (Å²) in [7, 11) is 0. The number of hydrogen-bond donors (Lipinski definition) is 3. The van der Waals surface area contributed by atoms with Crippen molar-refractivity contribution in [2.75, 3.05) is 5.32 Å². The standard InChI is InChI=1S/C21H22F3N3O2/c1-21(29)9-12(10-21)25-20-14-5-3-2-4-13(14)18(26-27-20)15-7-6-11(8-16(15)28)17(22)19(23)24/h6-8,12,28-29H,2-5,9-10H2,1H3,(H,25,27). The number of fused-ring (bicyclic) bond motifs is 1. The highest BCUT2D eigenvalue weighted by Crippen LogP contribution is 2.40. The molecule has 0 saturated heterocycles. The minimum atomic E-state index is -2.43. The minimum Gasteiger partial charge on any atom is -0.507 e. The Morgan fingerprint density at radius 3 is 2.41 bits per heavy atom. The van der Waals surface area contributed by atoms with Crippen molar-refractivity contribution < 1.29 is 23.4 Å². The van der Waals surface area contributed by atoms with E-state index in [1.807, 2.05) is 0 Å². The maximum atomic E-state index is 13.5. The van der Waals surface area contributed by atoms with E-state index in [9.17, 15) is 23.4 Å². The molecule has 0 amide bonds. The van der Waals surface area contributed by atoms with Crippen molar-refractivity contribution in [3.8, 4) is 17.0 Å². The van der Waals surface area contributed by atoms with E-state index in [0.717, 1.165) is 42.9 Å². The summed E-state index contributed by atoms with van der Waals surface area (Å²) >= 11 is 0. The zero-order valence-corrected chi connectivity index (χ0v) is 16.0. The van der Waals surface area contributed by atoms with Gasteiger partial charge < -0.3 is 15.5 Å². The lowest BCUT2D eigenvalue weighted by molar-refractivity contribution is -0.0235. The fourth-order valence-electron chi connectivity index (χ4n) is 4.26. The molecule has 1 aromatic heterocycles. The summed E-state index contributed by atoms with van der Waals surface area (Å²) in [5.41, 5.74) is 1.77. The molecule has 8 heteroatoms. The summed E-state index contributed by atoms with van der Waals surface area (Å²) in [4.78, 5) is 0. The first kappa shape index (κ1) is 19.7. The van der Waals surface area contributed by atoms with Crippen LogP contribution in [0.25, 0.3) is 17.1 Å². The van der Waals surface area contributed by atoms with Gasteiger partial charge in [0.25, 0.3) is 0 Å². The van der Waals surface area contributed by atoms with Gasteiger partial charge in [0, 0.05) is 22.7 Å². The molecule has 5 nitrogen and oxygen atoms in total. The van der Waals surface area contributed by atoms with Gasteiger partial charge in [0.1, 0.15) is 11.4 Å². The van der Waals surface area contributed by atoms with Gasteiger partial charge in [-0.15, -0.1) is 10.2 Å². The lowest BCUT2D eigenvalue weighted by Gasteiger charge is -2.41. The molecular weight excluding hydrogens is 383 g/mol. The number of anilines is 1. The van der Waals surface area contributed by atoms with Crippen molar-refractivity contribution in [1.82, 2.24) is 10.2 Å². The van der Waals surface area contributed by atoms with E-state index in [0.29, 0.717) is 29.9 Å². The van der Waals surface area contributed by atoms with Crippen molar-refractivity contribution in [3.63, 3.8) is 0 Å². The van der Waals surface area contributed by atoms with E-state index in [2.05, 4.69) is 15.5 Å². The predicted octanol–water partition coefficient (Wildman–Crippen LogP) is 4.59. The number of nitrogens with zero attached hydrogens (tertiary/aromatic N) is 2. The molecule has 0 atom stereocenters. The molecule has 4 rings (SSSR count). The topological polar surface area (TPSA) is 78.3 Å². The molecule has 1 heterocycles. The van der Waals surface area contributed by atoms with Crippen LogP contribution in [0.4, 0.5) is 19.0 Å². The molecule has 0 radical (unpaired) electrons. The van der Waals surface area contributed by atoms with Gasteiger partial charge in [-0.05, 0) is 63.1 Å². The molecule has 29 heavy (non-hydrogen) atoms. The monoisotopic (exact) mass is 405 g/mol. The predicted molar refractivity (Wildman–Crippen MR) is 103 cm³/mol. The van der Waals surface area contributed by atoms with Crippen molar-refractivity contribution in [2.45, 2.75) is 57.1 Å². The molecule has 2 aliphatic rings. The first-order valence-corrected chi connectivity index (χ1v) is 9.67. The van der Waals surface area contributed by atoms with E-state index >= 15 is 0 Å². The van der Waals surface area contributed by atoms with Crippen LogP contribution < -0.4 is 5.32 Å². The lowest BCUT2D eigenvalue weighted by Crippen LogP contribution is -2.48. The van der Waals surface area contributed by atoms with E-state index < -0.39 is 17.5 Å². The van der Waals surface area contributed by atoms with Crippen LogP contribution in [0.2, 0.25) is 0 Å². The van der Waals surface area contributed by atoms with Gasteiger partial charge >= 0.3 is 6.08 Å². The van der Waals surface area contributed by atoms with E-state index in [1.54, 1.807) is 6.92 Å². The molecule has 2 aromatic rings. The summed E-state index contributed by atoms with van der Waals surface area (Å²) in [6.07, 6.45) is 2.38. The number of phenols is 1. The fourth-order valence-corrected chi connectivity index (χ4v) is 4.26. The minimum absolute atomic E-state index is 0.134. The Kier molecular flexibility index (Phi) is 4.98. The number of hydrogen-bond acceptors (Lipinski definition) is 5. The second-order valence-corrected chi connectivity index (χ2v) is 8.11. The summed E-state index contributed by atoms with van der Waals surface area (Å²) in [6, 6.07) is 3.70. The van der Waals surface area contributed by atoms with Gasteiger partial charge in [0.05, 0.1) is 5.60 Å². The highest BCUT2D eigenvalue weighted by atomic mass is 19.3. The van der Waals surface area contributed by atoms with Crippen LogP contribution in [-0.4, -0.2) is 32.1 Å². The average molecular weight is 405 g/mol. The molecule has 0 unspecified atom stereocenters. The molecule has 0 spiro atoms. The van der Waals surface area contributed by atoms with Gasteiger partial charge in [0.2, 0.25) is 0 Å². The number of halogens is 3. The molecule has 3 N–H and O–H groups in total. The second kappa shape index (κ2) is 7.33. The quantitative estimate of drug-likeness (QED) is 0.694. The van der Waals surface area contributed by atoms with Crippen LogP contribution in [0, 0.1) is 0 Å². The third-order valence-corrected chi connectivity index (χ3v) is 5.67. The van der Waals surface area contributed by atoms with E-state index in [4.69, 9.17) is 0 Å². The Hall–Kier alpha value is -2.61. The summed E-state index contributed by atoms with van der Waals surface area (Å²) in [5, 5.41) is 32.2. The summed E-state index contributed by atoms with van der Waals surface area (Å²) < 4.78 is 38.5. The Morgan fingerprint density at radius 2 is 1.79 bits per heavy atom. The van der Waals surface area contributed by atoms with Crippen molar-refractivity contribution in [2.24, 2.45) is 0 Å². The van der Waals surface area contributed by atoms with Crippen LogP contribution in [0.5, 0.6) is 5.75 Å². The number of benzene rings is 1. The third kappa shape index (κ3) is 3.81. The number of aromatic hydroxyl groups is 1. The zero-order chi connectivity index (χ0) is 20.8. The molecule has 154 valence electrons. The molecule has 1 aromatic carbocycles. The van der Waals surface area contributed by atoms with Crippen LogP contribution in [0.15, 0.2) is 24.3 Å². The first-order valence-electron chi connectivity index (χ1n) is 9.67. The smallest absolute Gasteiger partial charge is 0.306 e. The summed E-state index contributed by atoms with van der Waals surface area (Å²) in [5.74, 6) is -1.29. The van der Waals surface area contributed by atoms with Crippen LogP contribution in [0.3, 0.4) is 0 Å². The van der Waals surface area contributed by atoms with Gasteiger partial charge in [0.15, 0.2) is 11.6 Å². The summed E-state index contributed by atoms with van der Waals surface area (Å²) in [6.45, 7) is 1.80. The van der Waals surface area contributed by atoms with Crippen LogP contribution >= 0.6 is 0 Å². The van der Waals surface area contributed by atoms with Crippen LogP contribution in [-0.2, 0) is 12.8 Å². The molecular formula is C21H22F3N3O2. The Labute approximate surface area is 166 Å². The molecule has 2 aliphatic carbocycles. The Morgan fingerprint density at radius 1 is 1.10 bits per heavy atom.